The second kappa shape index (κ2) is 10.5. The number of rotatable bonds is 13. The van der Waals surface area contributed by atoms with E-state index in [9.17, 15) is 0 Å². The van der Waals surface area contributed by atoms with Gasteiger partial charge in [-0.25, -0.2) is 0 Å². The van der Waals surface area contributed by atoms with Crippen LogP contribution in [-0.2, 0) is 11.3 Å². The van der Waals surface area contributed by atoms with E-state index in [4.69, 9.17) is 20.6 Å². The van der Waals surface area contributed by atoms with E-state index in [2.05, 4.69) is 30.9 Å². The van der Waals surface area contributed by atoms with Crippen LogP contribution in [0.2, 0.25) is 0 Å². The second-order valence-electron chi connectivity index (χ2n) is 6.86. The van der Waals surface area contributed by atoms with Crippen molar-refractivity contribution in [1.82, 2.24) is 14.8 Å². The first-order valence-corrected chi connectivity index (χ1v) is 10.8. The third-order valence-corrected chi connectivity index (χ3v) is 5.84. The van der Waals surface area contributed by atoms with Gasteiger partial charge in [0.25, 0.3) is 0 Å². The average molecular weight is 430 g/mol. The molecule has 0 saturated heterocycles. The first kappa shape index (κ1) is 22.1. The summed E-state index contributed by atoms with van der Waals surface area (Å²) >= 11 is 1.66. The van der Waals surface area contributed by atoms with Crippen LogP contribution in [0.5, 0.6) is 11.5 Å². The van der Waals surface area contributed by atoms with Gasteiger partial charge in [-0.3, -0.25) is 0 Å². The van der Waals surface area contributed by atoms with Crippen LogP contribution < -0.4 is 9.47 Å². The minimum Gasteiger partial charge on any atom is -0.493 e. The maximum absolute atomic E-state index is 5.44. The number of ether oxygens (including phenoxy) is 3. The van der Waals surface area contributed by atoms with Crippen LogP contribution in [0.3, 0.4) is 0 Å². The molecule has 8 nitrogen and oxygen atoms in total. The van der Waals surface area contributed by atoms with E-state index in [1.165, 1.54) is 0 Å². The number of benzene rings is 1. The largest absolute Gasteiger partial charge is 0.493 e. The van der Waals surface area contributed by atoms with E-state index in [1.807, 2.05) is 18.2 Å². The summed E-state index contributed by atoms with van der Waals surface area (Å²) in [6, 6.07) is 5.75. The SMILES string of the molecule is C#CCCC1(CCSc2nnc(-c3ccc(OC)c(OC)c3)n2CCCOC)N=N1. The first-order valence-electron chi connectivity index (χ1n) is 9.81. The lowest BCUT2D eigenvalue weighted by atomic mass is 10.1. The molecule has 0 radical (unpaired) electrons. The Morgan fingerprint density at radius 2 is 1.90 bits per heavy atom. The van der Waals surface area contributed by atoms with Gasteiger partial charge >= 0.3 is 0 Å². The Balaban J connectivity index is 1.76. The van der Waals surface area contributed by atoms with Gasteiger partial charge in [-0.05, 0) is 24.6 Å². The van der Waals surface area contributed by atoms with Crippen LogP contribution in [0.4, 0.5) is 0 Å². The molecular formula is C21H27N5O3S. The lowest BCUT2D eigenvalue weighted by Gasteiger charge is -2.13. The molecule has 0 bridgehead atoms. The molecule has 1 aliphatic rings. The highest BCUT2D eigenvalue weighted by atomic mass is 32.2. The summed E-state index contributed by atoms with van der Waals surface area (Å²) in [6.45, 7) is 1.42. The van der Waals surface area contributed by atoms with E-state index in [0.29, 0.717) is 24.5 Å². The van der Waals surface area contributed by atoms with Gasteiger partial charge in [0.15, 0.2) is 28.1 Å². The molecule has 1 aromatic heterocycles. The lowest BCUT2D eigenvalue weighted by Crippen LogP contribution is -2.12. The molecule has 3 rings (SSSR count). The predicted octanol–water partition coefficient (Wildman–Crippen LogP) is 4.06. The molecule has 0 atom stereocenters. The maximum atomic E-state index is 5.44. The molecule has 0 N–H and O–H groups in total. The summed E-state index contributed by atoms with van der Waals surface area (Å²) in [5, 5.41) is 18.2. The summed E-state index contributed by atoms with van der Waals surface area (Å²) in [4.78, 5) is 0. The number of methoxy groups -OCH3 is 3. The van der Waals surface area contributed by atoms with Crippen LogP contribution >= 0.6 is 11.8 Å². The molecule has 0 aliphatic carbocycles. The van der Waals surface area contributed by atoms with E-state index in [0.717, 1.165) is 48.1 Å². The van der Waals surface area contributed by atoms with E-state index in [1.54, 1.807) is 33.1 Å². The quantitative estimate of drug-likeness (QED) is 0.271. The monoisotopic (exact) mass is 429 g/mol. The fourth-order valence-corrected chi connectivity index (χ4v) is 4.17. The number of nitrogens with zero attached hydrogens (tertiary/aromatic N) is 5. The molecule has 2 aromatic rings. The zero-order valence-electron chi connectivity index (χ0n) is 17.6. The molecule has 9 heteroatoms. The van der Waals surface area contributed by atoms with Gasteiger partial charge in [0.05, 0.1) is 14.2 Å². The lowest BCUT2D eigenvalue weighted by molar-refractivity contribution is 0.189. The number of hydrogen-bond donors (Lipinski definition) is 0. The highest BCUT2D eigenvalue weighted by Gasteiger charge is 2.38. The topological polar surface area (TPSA) is 83.1 Å². The summed E-state index contributed by atoms with van der Waals surface area (Å²) in [6.07, 6.45) is 8.57. The van der Waals surface area contributed by atoms with Gasteiger partial charge in [-0.2, -0.15) is 10.2 Å². The van der Waals surface area contributed by atoms with Crippen molar-refractivity contribution in [2.24, 2.45) is 10.2 Å². The number of terminal acetylenes is 1. The minimum atomic E-state index is -0.285. The van der Waals surface area contributed by atoms with Crippen molar-refractivity contribution >= 4 is 11.8 Å². The number of aromatic nitrogens is 3. The standard InChI is InChI=1S/C21H27N5O3S/c1-5-6-10-21(24-25-21)11-14-30-20-23-22-19(26(20)12-7-13-27-2)16-8-9-17(28-3)18(15-16)29-4/h1,8-9,15H,6-7,10-14H2,2-4H3. The highest BCUT2D eigenvalue weighted by molar-refractivity contribution is 7.99. The number of thioether (sulfide) groups is 1. The summed E-state index contributed by atoms with van der Waals surface area (Å²) in [5.74, 6) is 5.62. The molecule has 0 fully saturated rings. The van der Waals surface area contributed by atoms with Crippen LogP contribution in [0.15, 0.2) is 33.6 Å². The molecule has 0 amide bonds. The summed E-state index contributed by atoms with van der Waals surface area (Å²) in [5.41, 5.74) is 0.633. The van der Waals surface area contributed by atoms with Crippen molar-refractivity contribution in [2.75, 3.05) is 33.7 Å². The van der Waals surface area contributed by atoms with Gasteiger partial charge < -0.3 is 18.8 Å². The third kappa shape index (κ3) is 5.32. The van der Waals surface area contributed by atoms with Crippen molar-refractivity contribution in [2.45, 2.75) is 43.0 Å². The van der Waals surface area contributed by atoms with E-state index in [-0.39, 0.29) is 5.66 Å². The Morgan fingerprint density at radius 3 is 2.57 bits per heavy atom. The molecule has 0 spiro atoms. The van der Waals surface area contributed by atoms with Crippen LogP contribution in [0, 0.1) is 12.3 Å². The molecule has 1 aliphatic heterocycles. The Bertz CT molecular complexity index is 916. The fraction of sp³-hybridized carbons (Fsp3) is 0.524. The fourth-order valence-electron chi connectivity index (χ4n) is 3.13. The van der Waals surface area contributed by atoms with Gasteiger partial charge in [-0.15, -0.1) is 22.5 Å². The van der Waals surface area contributed by atoms with Gasteiger partial charge in [0.2, 0.25) is 0 Å². The normalized spacial score (nSPS) is 13.8. The van der Waals surface area contributed by atoms with Crippen molar-refractivity contribution in [3.63, 3.8) is 0 Å². The Labute approximate surface area is 181 Å². The minimum absolute atomic E-state index is 0.285. The van der Waals surface area contributed by atoms with Crippen LogP contribution in [-0.4, -0.2) is 54.1 Å². The van der Waals surface area contributed by atoms with Crippen LogP contribution in [0.25, 0.3) is 11.4 Å². The Hall–Kier alpha value is -2.57. The maximum Gasteiger partial charge on any atom is 0.192 e. The number of hydrogen-bond acceptors (Lipinski definition) is 8. The molecule has 0 saturated carbocycles. The molecule has 2 heterocycles. The van der Waals surface area contributed by atoms with Crippen molar-refractivity contribution in [3.8, 4) is 35.2 Å². The average Bonchev–Trinajstić information content (AvgIpc) is 3.44. The van der Waals surface area contributed by atoms with Gasteiger partial charge in [0.1, 0.15) is 0 Å². The zero-order valence-corrected chi connectivity index (χ0v) is 18.4. The van der Waals surface area contributed by atoms with Gasteiger partial charge in [-0.1, -0.05) is 11.8 Å². The summed E-state index contributed by atoms with van der Waals surface area (Å²) in [7, 11) is 4.94. The highest BCUT2D eigenvalue weighted by Crippen LogP contribution is 2.39. The molecule has 160 valence electrons. The van der Waals surface area contributed by atoms with Crippen molar-refractivity contribution in [1.29, 1.82) is 0 Å². The molecule has 1 aromatic carbocycles. The predicted molar refractivity (Wildman–Crippen MR) is 116 cm³/mol. The van der Waals surface area contributed by atoms with Crippen molar-refractivity contribution < 1.29 is 14.2 Å². The van der Waals surface area contributed by atoms with Crippen molar-refractivity contribution in [3.05, 3.63) is 18.2 Å². The van der Waals surface area contributed by atoms with E-state index < -0.39 is 0 Å². The second-order valence-corrected chi connectivity index (χ2v) is 7.92. The first-order chi connectivity index (χ1) is 14.7. The third-order valence-electron chi connectivity index (χ3n) is 4.87. The smallest absolute Gasteiger partial charge is 0.192 e. The van der Waals surface area contributed by atoms with Gasteiger partial charge in [0, 0.05) is 50.8 Å². The molecule has 0 unspecified atom stereocenters. The summed E-state index contributed by atoms with van der Waals surface area (Å²) < 4.78 is 18.1. The van der Waals surface area contributed by atoms with E-state index >= 15 is 0 Å². The zero-order chi connectivity index (χ0) is 21.4. The molecular weight excluding hydrogens is 402 g/mol. The Morgan fingerprint density at radius 1 is 1.10 bits per heavy atom. The Kier molecular flexibility index (Phi) is 7.71. The van der Waals surface area contributed by atoms with Crippen LogP contribution in [0.1, 0.15) is 25.7 Å². The molecule has 30 heavy (non-hydrogen) atoms.